The third-order valence-electron chi connectivity index (χ3n) is 5.12. The van der Waals surface area contributed by atoms with E-state index < -0.39 is 11.8 Å². The maximum Gasteiger partial charge on any atom is 2.00 e. The number of ether oxygens (including phenoxy) is 2. The average molecular weight is 668 g/mol. The molecule has 0 aromatic heterocycles. The predicted molar refractivity (Wildman–Crippen MR) is 167 cm³/mol. The summed E-state index contributed by atoms with van der Waals surface area (Å²) < 4.78 is 10.1. The fourth-order valence-corrected chi connectivity index (χ4v) is 3.23. The molecule has 0 atom stereocenters. The molecule has 6 N–H and O–H groups in total. The second-order valence-electron chi connectivity index (χ2n) is 7.86. The van der Waals surface area contributed by atoms with E-state index in [9.17, 15) is 10.2 Å². The van der Waals surface area contributed by atoms with Gasteiger partial charge in [-0.25, -0.2) is 0 Å². The van der Waals surface area contributed by atoms with Gasteiger partial charge in [0.05, 0.1) is 26.6 Å². The van der Waals surface area contributed by atoms with Crippen LogP contribution in [0.5, 0.6) is 11.5 Å². The Morgan fingerprint density at radius 3 is 1.14 bits per heavy atom. The normalized spacial score (nSPS) is 11.0. The molecule has 0 amide bonds. The number of nitrogens with zero attached hydrogens (tertiary/aromatic N) is 4. The molecule has 0 bridgehead atoms. The summed E-state index contributed by atoms with van der Waals surface area (Å²) in [7, 11) is 3.20. The van der Waals surface area contributed by atoms with Crippen LogP contribution in [0.3, 0.4) is 0 Å². The first kappa shape index (κ1) is 38.8. The Hall–Kier alpha value is -4.22. The number of hydrogen-bond donors (Lipinski definition) is 0. The zero-order valence-electron chi connectivity index (χ0n) is 23.1. The maximum atomic E-state index is 11.7. The molecule has 0 spiro atoms. The van der Waals surface area contributed by atoms with E-state index in [1.165, 1.54) is 12.4 Å². The minimum absolute atomic E-state index is 0. The second-order valence-corrected chi connectivity index (χ2v) is 8.73. The first-order valence-electron chi connectivity index (χ1n) is 11.7. The topological polar surface area (TPSA) is 180 Å². The molecule has 4 aromatic rings. The Balaban J connectivity index is 0.000000767. The van der Waals surface area contributed by atoms with Crippen molar-refractivity contribution in [3.63, 3.8) is 0 Å². The zero-order valence-corrected chi connectivity index (χ0v) is 25.8. The monoisotopic (exact) mass is 667 g/mol. The van der Waals surface area contributed by atoms with Crippen LogP contribution in [0, 0.1) is 0 Å². The fraction of sp³-hybridized carbons (Fsp3) is 0.0667. The molecule has 4 rings (SSSR count). The first-order valence-corrected chi connectivity index (χ1v) is 12.5. The molecule has 225 valence electrons. The van der Waals surface area contributed by atoms with Crippen molar-refractivity contribution in [1.29, 1.82) is 0 Å². The standard InChI is InChI=1S/2C15H13ClN2O2.Mn.2H2O/c2*1-20-14-8-2-11(3-9-14)10-17-18-15(19)12-4-6-13(16)7-5-12;;;/h2*2-10H,1H3,(H,18,19);;2*1H2/q;;+2;;/b2*17-10-;;;. The SMILES string of the molecule is COc1ccc(/C=N\N=C(/[O-])c2ccc(Cl)cc2)cc1.COc1ccc(/C=N\N=C(/[O-])c2ccc(Cl)cc2)cc1.[Mn+2].[OH3+].[OH3+]. The summed E-state index contributed by atoms with van der Waals surface area (Å²) in [6, 6.07) is 27.5. The van der Waals surface area contributed by atoms with Gasteiger partial charge in [-0.05, 0) is 95.1 Å². The molecule has 43 heavy (non-hydrogen) atoms. The van der Waals surface area contributed by atoms with Crippen LogP contribution in [0.15, 0.2) is 117 Å². The van der Waals surface area contributed by atoms with Gasteiger partial charge < -0.3 is 30.6 Å². The van der Waals surface area contributed by atoms with Crippen LogP contribution in [0.2, 0.25) is 10.0 Å². The van der Waals surface area contributed by atoms with Crippen LogP contribution in [-0.4, -0.2) is 38.4 Å². The Morgan fingerprint density at radius 2 is 0.860 bits per heavy atom. The summed E-state index contributed by atoms with van der Waals surface area (Å²) in [5.74, 6) is 0.700. The van der Waals surface area contributed by atoms with Crippen LogP contribution in [0.25, 0.3) is 0 Å². The summed E-state index contributed by atoms with van der Waals surface area (Å²) in [4.78, 5) is 0. The minimum Gasteiger partial charge on any atom is -0.857 e. The van der Waals surface area contributed by atoms with Crippen molar-refractivity contribution in [3.8, 4) is 11.5 Å². The molecule has 10 nitrogen and oxygen atoms in total. The average Bonchev–Trinajstić information content (AvgIpc) is 2.99. The summed E-state index contributed by atoms with van der Waals surface area (Å²) in [6.45, 7) is 0. The van der Waals surface area contributed by atoms with Crippen molar-refractivity contribution in [1.82, 2.24) is 0 Å². The van der Waals surface area contributed by atoms with Crippen LogP contribution in [0.4, 0.5) is 0 Å². The summed E-state index contributed by atoms with van der Waals surface area (Å²) in [6.07, 6.45) is 3.01. The van der Waals surface area contributed by atoms with Crippen molar-refractivity contribution in [3.05, 3.63) is 129 Å². The fourth-order valence-electron chi connectivity index (χ4n) is 2.98. The van der Waals surface area contributed by atoms with E-state index >= 15 is 0 Å². The smallest absolute Gasteiger partial charge is 0.857 e. The molecule has 0 heterocycles. The zero-order chi connectivity index (χ0) is 28.7. The van der Waals surface area contributed by atoms with E-state index in [0.29, 0.717) is 21.2 Å². The van der Waals surface area contributed by atoms with Crippen LogP contribution in [-0.2, 0) is 28.0 Å². The molecule has 0 aliphatic carbocycles. The summed E-state index contributed by atoms with van der Waals surface area (Å²) in [5, 5.41) is 39.3. The number of methoxy groups -OCH3 is 2. The van der Waals surface area contributed by atoms with Crippen molar-refractivity contribution < 1.29 is 47.7 Å². The van der Waals surface area contributed by atoms with Gasteiger partial charge in [0.1, 0.15) is 11.5 Å². The van der Waals surface area contributed by atoms with Gasteiger partial charge in [-0.3, -0.25) is 0 Å². The first-order chi connectivity index (χ1) is 19.4. The van der Waals surface area contributed by atoms with Gasteiger partial charge in [-0.2, -0.15) is 20.4 Å². The van der Waals surface area contributed by atoms with Crippen LogP contribution < -0.4 is 19.7 Å². The van der Waals surface area contributed by atoms with Gasteiger partial charge in [0, 0.05) is 21.8 Å². The molecule has 13 heteroatoms. The van der Waals surface area contributed by atoms with Gasteiger partial charge in [0.2, 0.25) is 0 Å². The van der Waals surface area contributed by atoms with E-state index in [-0.39, 0.29) is 28.0 Å². The second kappa shape index (κ2) is 20.6. The molecule has 0 unspecified atom stereocenters. The molecule has 0 aliphatic heterocycles. The Labute approximate surface area is 269 Å². The van der Waals surface area contributed by atoms with E-state index in [2.05, 4.69) is 20.4 Å². The third-order valence-corrected chi connectivity index (χ3v) is 5.63. The minimum atomic E-state index is -0.411. The molecule has 4 aromatic carbocycles. The predicted octanol–water partition coefficient (Wildman–Crippen LogP) is 3.13. The van der Waals surface area contributed by atoms with Crippen molar-refractivity contribution >= 4 is 47.4 Å². The molecular formula is C30H30Cl2MnN4O6+2. The Kier molecular flexibility index (Phi) is 18.6. The maximum absolute atomic E-state index is 11.7. The molecule has 1 radical (unpaired) electrons. The van der Waals surface area contributed by atoms with Crippen LogP contribution >= 0.6 is 23.2 Å². The third kappa shape index (κ3) is 13.5. The number of benzene rings is 4. The Morgan fingerprint density at radius 1 is 0.558 bits per heavy atom. The molecule has 0 saturated heterocycles. The molecule has 0 fully saturated rings. The van der Waals surface area contributed by atoms with E-state index in [0.717, 1.165) is 22.6 Å². The van der Waals surface area contributed by atoms with Gasteiger partial charge in [0.15, 0.2) is 0 Å². The largest absolute Gasteiger partial charge is 2.00 e. The van der Waals surface area contributed by atoms with E-state index in [1.807, 2.05) is 48.5 Å². The molecule has 0 saturated carbocycles. The summed E-state index contributed by atoms with van der Waals surface area (Å²) in [5.41, 5.74) is 2.56. The van der Waals surface area contributed by atoms with Crippen LogP contribution in [0.1, 0.15) is 22.3 Å². The molecule has 0 aliphatic rings. The Bertz CT molecular complexity index is 1370. The van der Waals surface area contributed by atoms with E-state index in [1.54, 1.807) is 62.8 Å². The number of rotatable bonds is 8. The van der Waals surface area contributed by atoms with E-state index in [4.69, 9.17) is 32.7 Å². The van der Waals surface area contributed by atoms with Gasteiger partial charge >= 0.3 is 17.1 Å². The van der Waals surface area contributed by atoms with Crippen molar-refractivity contribution in [2.75, 3.05) is 14.2 Å². The number of halogens is 2. The van der Waals surface area contributed by atoms with Gasteiger partial charge in [-0.15, -0.1) is 0 Å². The summed E-state index contributed by atoms with van der Waals surface area (Å²) >= 11 is 11.5. The number of hydrogen-bond acceptors (Lipinski definition) is 8. The van der Waals surface area contributed by atoms with Gasteiger partial charge in [0.25, 0.3) is 0 Å². The van der Waals surface area contributed by atoms with Crippen molar-refractivity contribution in [2.24, 2.45) is 20.4 Å². The quantitative estimate of drug-likeness (QED) is 0.0921. The van der Waals surface area contributed by atoms with Crippen molar-refractivity contribution in [2.45, 2.75) is 0 Å². The molecular weight excluding hydrogens is 638 g/mol. The van der Waals surface area contributed by atoms with Gasteiger partial charge in [-0.1, -0.05) is 47.5 Å².